The number of urea groups is 1. The third-order valence-electron chi connectivity index (χ3n) is 3.12. The Kier molecular flexibility index (Phi) is 3.88. The standard InChI is InChI=1S/C13H14N4O4/c1-7(16-21)8-2-4-9(5-3-8)17-12(19)10(6-11(14)18)15-13(17)20/h2-5,10,21H,6H2,1H3,(H2,14,18)(H,15,20). The summed E-state index contributed by atoms with van der Waals surface area (Å²) in [6.45, 7) is 1.62. The average molecular weight is 290 g/mol. The Hall–Kier alpha value is -2.90. The Balaban J connectivity index is 2.23. The Labute approximate surface area is 120 Å². The number of amides is 4. The molecule has 8 heteroatoms. The number of oxime groups is 1. The fourth-order valence-electron chi connectivity index (χ4n) is 2.02. The lowest BCUT2D eigenvalue weighted by atomic mass is 10.1. The van der Waals surface area contributed by atoms with Crippen molar-refractivity contribution >= 4 is 29.2 Å². The van der Waals surface area contributed by atoms with E-state index in [1.807, 2.05) is 0 Å². The van der Waals surface area contributed by atoms with Gasteiger partial charge in [0.25, 0.3) is 5.91 Å². The number of hydrogen-bond acceptors (Lipinski definition) is 5. The van der Waals surface area contributed by atoms with Gasteiger partial charge in [-0.2, -0.15) is 0 Å². The fraction of sp³-hybridized carbons (Fsp3) is 0.231. The molecule has 8 nitrogen and oxygen atoms in total. The van der Waals surface area contributed by atoms with Crippen molar-refractivity contribution in [2.24, 2.45) is 10.9 Å². The van der Waals surface area contributed by atoms with E-state index in [0.29, 0.717) is 17.0 Å². The molecule has 1 aliphatic rings. The Bertz CT molecular complexity index is 624. The Morgan fingerprint density at radius 1 is 1.38 bits per heavy atom. The van der Waals surface area contributed by atoms with Gasteiger partial charge < -0.3 is 16.3 Å². The summed E-state index contributed by atoms with van der Waals surface area (Å²) in [7, 11) is 0. The van der Waals surface area contributed by atoms with Gasteiger partial charge in [0.15, 0.2) is 0 Å². The molecular formula is C13H14N4O4. The quantitative estimate of drug-likeness (QED) is 0.316. The number of carbonyl (C=O) groups excluding carboxylic acids is 3. The van der Waals surface area contributed by atoms with Crippen LogP contribution in [0.25, 0.3) is 0 Å². The van der Waals surface area contributed by atoms with Gasteiger partial charge in [0.1, 0.15) is 6.04 Å². The van der Waals surface area contributed by atoms with Crippen molar-refractivity contribution in [2.45, 2.75) is 19.4 Å². The van der Waals surface area contributed by atoms with Crippen LogP contribution >= 0.6 is 0 Å². The lowest BCUT2D eigenvalue weighted by Crippen LogP contribution is -2.34. The fourth-order valence-corrected chi connectivity index (χ4v) is 2.02. The van der Waals surface area contributed by atoms with E-state index in [9.17, 15) is 14.4 Å². The summed E-state index contributed by atoms with van der Waals surface area (Å²) in [6, 6.07) is 4.79. The SMILES string of the molecule is CC(=NO)c1ccc(N2C(=O)NC(CC(N)=O)C2=O)cc1. The van der Waals surface area contributed by atoms with E-state index in [2.05, 4.69) is 10.5 Å². The molecular weight excluding hydrogens is 276 g/mol. The highest BCUT2D eigenvalue weighted by Crippen LogP contribution is 2.21. The average Bonchev–Trinajstić information content (AvgIpc) is 2.72. The van der Waals surface area contributed by atoms with Crippen LogP contribution in [0.1, 0.15) is 18.9 Å². The number of carbonyl (C=O) groups is 3. The van der Waals surface area contributed by atoms with Crippen molar-refractivity contribution in [1.82, 2.24) is 5.32 Å². The number of primary amides is 1. The monoisotopic (exact) mass is 290 g/mol. The van der Waals surface area contributed by atoms with Crippen LogP contribution in [0.3, 0.4) is 0 Å². The molecule has 0 spiro atoms. The number of imide groups is 1. The summed E-state index contributed by atoms with van der Waals surface area (Å²) in [6.07, 6.45) is -0.241. The summed E-state index contributed by atoms with van der Waals surface area (Å²) < 4.78 is 0. The summed E-state index contributed by atoms with van der Waals surface area (Å²) in [4.78, 5) is 35.7. The van der Waals surface area contributed by atoms with Crippen LogP contribution in [0.4, 0.5) is 10.5 Å². The number of anilines is 1. The molecule has 4 N–H and O–H groups in total. The van der Waals surface area contributed by atoms with Crippen LogP contribution in [-0.2, 0) is 9.59 Å². The molecule has 1 unspecified atom stereocenters. The van der Waals surface area contributed by atoms with Gasteiger partial charge in [-0.25, -0.2) is 9.69 Å². The lowest BCUT2D eigenvalue weighted by molar-refractivity contribution is -0.123. The molecule has 1 aromatic rings. The third-order valence-corrected chi connectivity index (χ3v) is 3.12. The second kappa shape index (κ2) is 5.61. The topological polar surface area (TPSA) is 125 Å². The Morgan fingerprint density at radius 3 is 2.52 bits per heavy atom. The van der Waals surface area contributed by atoms with Gasteiger partial charge in [-0.1, -0.05) is 17.3 Å². The Morgan fingerprint density at radius 2 is 2.00 bits per heavy atom. The molecule has 1 aliphatic heterocycles. The smallest absolute Gasteiger partial charge is 0.329 e. The maximum atomic E-state index is 12.1. The number of rotatable bonds is 4. The number of nitrogens with zero attached hydrogens (tertiary/aromatic N) is 2. The maximum Gasteiger partial charge on any atom is 0.329 e. The van der Waals surface area contributed by atoms with Gasteiger partial charge in [0, 0.05) is 0 Å². The van der Waals surface area contributed by atoms with Crippen LogP contribution in [0.2, 0.25) is 0 Å². The van der Waals surface area contributed by atoms with Crippen molar-refractivity contribution in [2.75, 3.05) is 4.90 Å². The molecule has 1 heterocycles. The largest absolute Gasteiger partial charge is 0.411 e. The van der Waals surface area contributed by atoms with Gasteiger partial charge in [0.2, 0.25) is 5.91 Å². The first kappa shape index (κ1) is 14.5. The first-order valence-electron chi connectivity index (χ1n) is 6.16. The summed E-state index contributed by atoms with van der Waals surface area (Å²) >= 11 is 0. The molecule has 0 radical (unpaired) electrons. The summed E-state index contributed by atoms with van der Waals surface area (Å²) in [5.41, 5.74) is 6.46. The van der Waals surface area contributed by atoms with E-state index in [-0.39, 0.29) is 6.42 Å². The highest BCUT2D eigenvalue weighted by atomic mass is 16.4. The van der Waals surface area contributed by atoms with Crippen LogP contribution in [0, 0.1) is 0 Å². The number of nitrogens with one attached hydrogen (secondary N) is 1. The highest BCUT2D eigenvalue weighted by Gasteiger charge is 2.39. The van der Waals surface area contributed by atoms with Crippen LogP contribution in [0.15, 0.2) is 29.4 Å². The van der Waals surface area contributed by atoms with Gasteiger partial charge in [-0.15, -0.1) is 0 Å². The zero-order valence-corrected chi connectivity index (χ0v) is 11.2. The first-order valence-corrected chi connectivity index (χ1v) is 6.16. The predicted molar refractivity (Wildman–Crippen MR) is 74.1 cm³/mol. The lowest BCUT2D eigenvalue weighted by Gasteiger charge is -2.13. The second-order valence-corrected chi connectivity index (χ2v) is 4.58. The molecule has 0 saturated carbocycles. The molecule has 1 aromatic carbocycles. The van der Waals surface area contributed by atoms with Crippen molar-refractivity contribution in [3.8, 4) is 0 Å². The highest BCUT2D eigenvalue weighted by molar-refractivity contribution is 6.22. The minimum absolute atomic E-state index is 0.241. The van der Waals surface area contributed by atoms with Gasteiger partial charge >= 0.3 is 6.03 Å². The first-order chi connectivity index (χ1) is 9.93. The molecule has 1 saturated heterocycles. The van der Waals surface area contributed by atoms with E-state index in [1.54, 1.807) is 31.2 Å². The normalized spacial score (nSPS) is 18.8. The summed E-state index contributed by atoms with van der Waals surface area (Å²) in [5, 5.41) is 14.2. The van der Waals surface area contributed by atoms with Crippen molar-refractivity contribution in [3.63, 3.8) is 0 Å². The van der Waals surface area contributed by atoms with Gasteiger partial charge in [-0.3, -0.25) is 9.59 Å². The van der Waals surface area contributed by atoms with Crippen molar-refractivity contribution < 1.29 is 19.6 Å². The molecule has 110 valence electrons. The zero-order valence-electron chi connectivity index (χ0n) is 11.2. The van der Waals surface area contributed by atoms with Gasteiger partial charge in [-0.05, 0) is 24.6 Å². The van der Waals surface area contributed by atoms with Crippen LogP contribution in [0.5, 0.6) is 0 Å². The minimum Gasteiger partial charge on any atom is -0.411 e. The van der Waals surface area contributed by atoms with Crippen LogP contribution in [-0.4, -0.2) is 34.8 Å². The predicted octanol–water partition coefficient (Wildman–Crippen LogP) is 0.185. The maximum absolute atomic E-state index is 12.1. The second-order valence-electron chi connectivity index (χ2n) is 4.58. The van der Waals surface area contributed by atoms with Crippen LogP contribution < -0.4 is 16.0 Å². The van der Waals surface area contributed by atoms with E-state index in [1.165, 1.54) is 0 Å². The van der Waals surface area contributed by atoms with E-state index in [0.717, 1.165) is 4.90 Å². The van der Waals surface area contributed by atoms with Crippen molar-refractivity contribution in [3.05, 3.63) is 29.8 Å². The third kappa shape index (κ3) is 2.83. The number of benzene rings is 1. The zero-order chi connectivity index (χ0) is 15.6. The molecule has 0 aliphatic carbocycles. The van der Waals surface area contributed by atoms with E-state index >= 15 is 0 Å². The van der Waals surface area contributed by atoms with E-state index < -0.39 is 23.9 Å². The molecule has 1 fully saturated rings. The minimum atomic E-state index is -0.935. The molecule has 21 heavy (non-hydrogen) atoms. The van der Waals surface area contributed by atoms with E-state index in [4.69, 9.17) is 10.9 Å². The molecule has 0 bridgehead atoms. The van der Waals surface area contributed by atoms with Crippen molar-refractivity contribution in [1.29, 1.82) is 0 Å². The number of hydrogen-bond donors (Lipinski definition) is 3. The molecule has 0 aromatic heterocycles. The summed E-state index contributed by atoms with van der Waals surface area (Å²) in [5.74, 6) is -1.19. The molecule has 4 amide bonds. The molecule has 1 atom stereocenters. The number of nitrogens with two attached hydrogens (primary N) is 1. The van der Waals surface area contributed by atoms with Gasteiger partial charge in [0.05, 0.1) is 17.8 Å². The molecule has 2 rings (SSSR count).